The molecule has 0 aliphatic rings. The van der Waals surface area contributed by atoms with Crippen LogP contribution in [0.25, 0.3) is 0 Å². The molecule has 0 amide bonds. The molecule has 0 rings (SSSR count). The van der Waals surface area contributed by atoms with E-state index in [1.54, 1.807) is 0 Å². The summed E-state index contributed by atoms with van der Waals surface area (Å²) in [7, 11) is 0. The van der Waals surface area contributed by atoms with Crippen LogP contribution in [0.1, 0.15) is 518 Å². The molecule has 0 aromatic carbocycles. The summed E-state index contributed by atoms with van der Waals surface area (Å²) in [5, 5.41) is 0. The predicted octanol–water partition coefficient (Wildman–Crippen LogP) is 19.1. The molecular formula is C92H190Cl4N4OTi. The summed E-state index contributed by atoms with van der Waals surface area (Å²) in [6, 6.07) is 0. The zero-order valence-electron chi connectivity index (χ0n) is 71.3. The Morgan fingerprint density at radius 1 is 0.157 bits per heavy atom. The summed E-state index contributed by atoms with van der Waals surface area (Å²) in [4.78, 5) is 12.4. The molecule has 616 valence electrons. The Morgan fingerprint density at radius 3 is 0.412 bits per heavy atom. The Bertz CT molecular complexity index is 1140. The monoisotopic (exact) mass is 1560 g/mol. The molecule has 0 atom stereocenters. The van der Waals surface area contributed by atoms with Crippen LogP contribution in [-0.2, 0) is 26.5 Å². The first kappa shape index (κ1) is 115. The molecule has 0 bridgehead atoms. The van der Waals surface area contributed by atoms with Gasteiger partial charge in [-0.15, -0.1) is 0 Å². The number of nitrogens with zero attached hydrogens (tertiary/aromatic N) is 4. The minimum atomic E-state index is 0. The van der Waals surface area contributed by atoms with Crippen molar-refractivity contribution < 1.29 is 76.1 Å². The number of ether oxygens (including phenoxy) is 1. The van der Waals surface area contributed by atoms with E-state index in [-0.39, 0.29) is 71.3 Å². The molecule has 0 aliphatic heterocycles. The molecule has 0 N–H and O–H groups in total. The zero-order valence-corrected chi connectivity index (χ0v) is 75.9. The molecule has 0 aromatic heterocycles. The van der Waals surface area contributed by atoms with Gasteiger partial charge in [-0.05, 0) is 129 Å². The van der Waals surface area contributed by atoms with E-state index in [2.05, 4.69) is 75.0 Å². The van der Waals surface area contributed by atoms with Crippen LogP contribution in [0.4, 0.5) is 0 Å². The van der Waals surface area contributed by atoms with Crippen molar-refractivity contribution in [3.05, 3.63) is 0 Å². The Morgan fingerprint density at radius 2 is 0.275 bits per heavy atom. The van der Waals surface area contributed by atoms with E-state index in [1.165, 1.54) is 515 Å². The van der Waals surface area contributed by atoms with Gasteiger partial charge in [0.15, 0.2) is 0 Å². The van der Waals surface area contributed by atoms with Crippen LogP contribution in [0.2, 0.25) is 0 Å². The number of halogens is 4. The van der Waals surface area contributed by atoms with Crippen LogP contribution in [-0.4, -0.2) is 97.5 Å². The fourth-order valence-corrected chi connectivity index (χ4v) is 15.9. The maximum absolute atomic E-state index is 6.65. The van der Waals surface area contributed by atoms with Gasteiger partial charge in [0.25, 0.3) is 0 Å². The minimum Gasteiger partial charge on any atom is -1.00 e. The number of unbranched alkanes of at least 4 members (excludes halogenated alkanes) is 60. The average molecular weight is 1560 g/mol. The Kier molecular flexibility index (Phi) is 113. The van der Waals surface area contributed by atoms with Gasteiger partial charge in [0.2, 0.25) is 0 Å². The zero-order chi connectivity index (χ0) is 70.2. The molecular weight excluding hydrogens is 1370 g/mol. The van der Waals surface area contributed by atoms with Gasteiger partial charge in [-0.2, -0.15) is 0 Å². The predicted molar refractivity (Wildman–Crippen MR) is 443 cm³/mol. The first-order chi connectivity index (χ1) is 48.1. The quantitative estimate of drug-likeness (QED) is 0.0343. The first-order valence-corrected chi connectivity index (χ1v) is 46.6. The van der Waals surface area contributed by atoms with Crippen molar-refractivity contribution in [3.8, 4) is 0 Å². The third-order valence-corrected chi connectivity index (χ3v) is 22.6. The largest absolute Gasteiger partial charge is 4.00 e. The number of rotatable bonds is 88. The Hall–Kier alpha value is 1.67. The standard InChI is InChI=1S/C92H190N4O.4ClH.Ti/c1-9-17-25-33-41-49-57-69-81-93(82-70-58-50-42-34-26-18-10-2)91(94(83-71-59-51-43-35-27-19-11-3)84-72-60-52-44-36-28-20-12-4)79-67-65-77-89-97-90-78-66-68-80-92(95(85-73-61-53-45-37-29-21-13-5)86-74-62-54-46-38-30-22-14-6)96(87-75-63-55-47-39-31-23-15-7)88-76-64-56-48-40-32-24-16-8;;;;;/h91-92H,9-90H2,1-8H3;4*1H;/q;;;;;+4/p-4. The third-order valence-electron chi connectivity index (χ3n) is 22.6. The van der Waals surface area contributed by atoms with Crippen LogP contribution in [0, 0.1) is 0 Å². The van der Waals surface area contributed by atoms with E-state index in [1.807, 2.05) is 0 Å². The summed E-state index contributed by atoms with van der Waals surface area (Å²) in [6.45, 7) is 31.4. The fourth-order valence-electron chi connectivity index (χ4n) is 15.9. The Balaban J connectivity index is -0.00000461. The van der Waals surface area contributed by atoms with E-state index in [4.69, 9.17) is 4.74 Å². The molecule has 0 unspecified atom stereocenters. The summed E-state index contributed by atoms with van der Waals surface area (Å²) in [6.07, 6.45) is 103. The van der Waals surface area contributed by atoms with E-state index in [0.717, 1.165) is 13.2 Å². The number of hydrogen-bond acceptors (Lipinski definition) is 5. The van der Waals surface area contributed by atoms with Gasteiger partial charge in [-0.1, -0.05) is 441 Å². The second-order valence-electron chi connectivity index (χ2n) is 32.2. The van der Waals surface area contributed by atoms with Gasteiger partial charge in [0, 0.05) is 13.2 Å². The summed E-state index contributed by atoms with van der Waals surface area (Å²) in [5.41, 5.74) is 0. The smallest absolute Gasteiger partial charge is 1.00 e. The Labute approximate surface area is 686 Å². The van der Waals surface area contributed by atoms with Crippen LogP contribution >= 0.6 is 0 Å². The fraction of sp³-hybridized carbons (Fsp3) is 1.00. The average Bonchev–Trinajstić information content (AvgIpc) is 0.881. The summed E-state index contributed by atoms with van der Waals surface area (Å²) < 4.78 is 6.65. The van der Waals surface area contributed by atoms with Crippen LogP contribution in [0.15, 0.2) is 0 Å². The molecule has 0 saturated carbocycles. The normalized spacial score (nSPS) is 11.6. The third kappa shape index (κ3) is 82.6. The second kappa shape index (κ2) is 101. The minimum absolute atomic E-state index is 0. The van der Waals surface area contributed by atoms with Crippen LogP contribution in [0.5, 0.6) is 0 Å². The van der Waals surface area contributed by atoms with Crippen LogP contribution < -0.4 is 49.6 Å². The molecule has 0 spiro atoms. The van der Waals surface area contributed by atoms with Crippen molar-refractivity contribution in [1.82, 2.24) is 19.6 Å². The van der Waals surface area contributed by atoms with E-state index < -0.39 is 0 Å². The molecule has 0 fully saturated rings. The van der Waals surface area contributed by atoms with Crippen molar-refractivity contribution in [3.63, 3.8) is 0 Å². The SMILES string of the molecule is CCCCCCCCCCN(CCCCCCCCCC)C(CCCCCOCCCCCC(N(CCCCCCCCCC)CCCCCCCCCC)N(CCCCCCCCCC)CCCCCCCCCC)N(CCCCCCCCCC)CCCCCCCCCC.[Cl-].[Cl-].[Cl-].[Cl-].[Ti+4]. The molecule has 0 saturated heterocycles. The van der Waals surface area contributed by atoms with E-state index in [9.17, 15) is 0 Å². The summed E-state index contributed by atoms with van der Waals surface area (Å²) in [5.74, 6) is 0. The van der Waals surface area contributed by atoms with Crippen LogP contribution in [0.3, 0.4) is 0 Å². The molecule has 102 heavy (non-hydrogen) atoms. The first-order valence-electron chi connectivity index (χ1n) is 46.6. The molecule has 0 aliphatic carbocycles. The second-order valence-corrected chi connectivity index (χ2v) is 32.2. The molecule has 10 heteroatoms. The molecule has 0 radical (unpaired) electrons. The van der Waals surface area contributed by atoms with E-state index >= 15 is 0 Å². The van der Waals surface area contributed by atoms with Crippen molar-refractivity contribution in [2.45, 2.75) is 530 Å². The maximum atomic E-state index is 6.65. The molecule has 5 nitrogen and oxygen atoms in total. The molecule has 0 aromatic rings. The van der Waals surface area contributed by atoms with E-state index in [0.29, 0.717) is 12.3 Å². The maximum Gasteiger partial charge on any atom is 4.00 e. The number of hydrogen-bond donors (Lipinski definition) is 0. The van der Waals surface area contributed by atoms with Gasteiger partial charge in [0.1, 0.15) is 0 Å². The van der Waals surface area contributed by atoms with Gasteiger partial charge < -0.3 is 54.4 Å². The van der Waals surface area contributed by atoms with Crippen molar-refractivity contribution >= 4 is 0 Å². The van der Waals surface area contributed by atoms with Gasteiger partial charge >= 0.3 is 21.7 Å². The van der Waals surface area contributed by atoms with Crippen molar-refractivity contribution in [2.75, 3.05) is 65.6 Å². The van der Waals surface area contributed by atoms with Gasteiger partial charge in [0.05, 0.1) is 12.3 Å². The van der Waals surface area contributed by atoms with Gasteiger partial charge in [-0.3, -0.25) is 19.6 Å². The summed E-state index contributed by atoms with van der Waals surface area (Å²) >= 11 is 0. The molecule has 0 heterocycles. The van der Waals surface area contributed by atoms with Gasteiger partial charge in [-0.25, -0.2) is 0 Å². The van der Waals surface area contributed by atoms with Crippen molar-refractivity contribution in [1.29, 1.82) is 0 Å². The topological polar surface area (TPSA) is 22.2 Å². The van der Waals surface area contributed by atoms with Crippen molar-refractivity contribution in [2.24, 2.45) is 0 Å².